The van der Waals surface area contributed by atoms with E-state index in [0.29, 0.717) is 56.5 Å². The first-order valence-corrected chi connectivity index (χ1v) is 12.1. The molecular weight excluding hydrogens is 452 g/mol. The molecule has 1 aliphatic rings. The zero-order valence-electron chi connectivity index (χ0n) is 18.6. The third-order valence-electron chi connectivity index (χ3n) is 5.44. The first kappa shape index (κ1) is 23.4. The van der Waals surface area contributed by atoms with Gasteiger partial charge in [-0.3, -0.25) is 9.69 Å². The normalized spacial score (nSPS) is 13.9. The van der Waals surface area contributed by atoms with Crippen LogP contribution in [0.2, 0.25) is 0 Å². The van der Waals surface area contributed by atoms with Gasteiger partial charge >= 0.3 is 0 Å². The molecule has 2 aromatic heterocycles. The summed E-state index contributed by atoms with van der Waals surface area (Å²) >= 11 is 1.69. The number of benzene rings is 1. The van der Waals surface area contributed by atoms with E-state index in [9.17, 15) is 10.1 Å². The van der Waals surface area contributed by atoms with Crippen molar-refractivity contribution >= 4 is 23.6 Å². The quantitative estimate of drug-likeness (QED) is 0.464. The lowest BCUT2D eigenvalue weighted by Gasteiger charge is -2.34. The van der Waals surface area contributed by atoms with Crippen LogP contribution in [0.3, 0.4) is 0 Å². The van der Waals surface area contributed by atoms with Gasteiger partial charge in [-0.1, -0.05) is 18.2 Å². The molecule has 1 amide bonds. The highest BCUT2D eigenvalue weighted by molar-refractivity contribution is 7.98. The SMILES string of the molecule is N#Cc1ccccc1CSCCNC(=O)CN1CCN(c2oc(-c3ccco3)nc2C#N)CC1. The van der Waals surface area contributed by atoms with Gasteiger partial charge in [0.25, 0.3) is 5.89 Å². The Morgan fingerprint density at radius 1 is 1.12 bits per heavy atom. The fourth-order valence-electron chi connectivity index (χ4n) is 3.67. The summed E-state index contributed by atoms with van der Waals surface area (Å²) in [5, 5.41) is 21.5. The van der Waals surface area contributed by atoms with Crippen molar-refractivity contribution < 1.29 is 13.6 Å². The lowest BCUT2D eigenvalue weighted by atomic mass is 10.1. The molecule has 0 spiro atoms. The van der Waals surface area contributed by atoms with Crippen molar-refractivity contribution in [1.29, 1.82) is 10.5 Å². The maximum absolute atomic E-state index is 12.3. The van der Waals surface area contributed by atoms with E-state index in [0.717, 1.165) is 17.1 Å². The third-order valence-corrected chi connectivity index (χ3v) is 6.45. The van der Waals surface area contributed by atoms with Crippen molar-refractivity contribution in [3.63, 3.8) is 0 Å². The Morgan fingerprint density at radius 3 is 2.68 bits per heavy atom. The van der Waals surface area contributed by atoms with E-state index in [1.165, 1.54) is 6.26 Å². The smallest absolute Gasteiger partial charge is 0.266 e. The van der Waals surface area contributed by atoms with Crippen molar-refractivity contribution in [1.82, 2.24) is 15.2 Å². The van der Waals surface area contributed by atoms with Crippen LogP contribution in [0, 0.1) is 22.7 Å². The van der Waals surface area contributed by atoms with E-state index >= 15 is 0 Å². The zero-order chi connectivity index (χ0) is 23.8. The third kappa shape index (κ3) is 5.79. The largest absolute Gasteiger partial charge is 0.459 e. The number of nitrogens with zero attached hydrogens (tertiary/aromatic N) is 5. The number of hydrogen-bond acceptors (Lipinski definition) is 9. The summed E-state index contributed by atoms with van der Waals surface area (Å²) in [6, 6.07) is 15.3. The van der Waals surface area contributed by atoms with Crippen molar-refractivity contribution in [2.24, 2.45) is 0 Å². The second-order valence-electron chi connectivity index (χ2n) is 7.70. The number of piperazine rings is 1. The van der Waals surface area contributed by atoms with Gasteiger partial charge < -0.3 is 19.1 Å². The summed E-state index contributed by atoms with van der Waals surface area (Å²) in [5.41, 5.74) is 1.94. The molecule has 34 heavy (non-hydrogen) atoms. The molecule has 3 aromatic rings. The molecule has 1 saturated heterocycles. The molecule has 0 atom stereocenters. The summed E-state index contributed by atoms with van der Waals surface area (Å²) in [6.07, 6.45) is 1.53. The number of nitriles is 2. The molecule has 9 nitrogen and oxygen atoms in total. The van der Waals surface area contributed by atoms with E-state index in [2.05, 4.69) is 27.3 Å². The molecule has 10 heteroatoms. The van der Waals surface area contributed by atoms with Gasteiger partial charge in [0.15, 0.2) is 5.76 Å². The van der Waals surface area contributed by atoms with Gasteiger partial charge in [0, 0.05) is 44.2 Å². The molecule has 4 rings (SSSR count). The van der Waals surface area contributed by atoms with Crippen LogP contribution in [-0.2, 0) is 10.5 Å². The van der Waals surface area contributed by atoms with E-state index in [4.69, 9.17) is 14.1 Å². The van der Waals surface area contributed by atoms with E-state index < -0.39 is 0 Å². The Balaban J connectivity index is 1.18. The number of rotatable bonds is 9. The molecule has 0 radical (unpaired) electrons. The summed E-state index contributed by atoms with van der Waals surface area (Å²) in [7, 11) is 0. The Bertz CT molecular complexity index is 1190. The van der Waals surface area contributed by atoms with Crippen LogP contribution in [0.5, 0.6) is 0 Å². The monoisotopic (exact) mass is 476 g/mol. The van der Waals surface area contributed by atoms with Gasteiger partial charge in [-0.2, -0.15) is 27.3 Å². The van der Waals surface area contributed by atoms with Crippen LogP contribution in [-0.4, -0.2) is 60.8 Å². The first-order chi connectivity index (χ1) is 16.7. The zero-order valence-corrected chi connectivity index (χ0v) is 19.4. The van der Waals surface area contributed by atoms with Crippen LogP contribution in [0.1, 0.15) is 16.8 Å². The van der Waals surface area contributed by atoms with Crippen LogP contribution in [0.25, 0.3) is 11.7 Å². The minimum atomic E-state index is -0.0102. The highest BCUT2D eigenvalue weighted by Crippen LogP contribution is 2.29. The Hall–Kier alpha value is -3.73. The average molecular weight is 477 g/mol. The first-order valence-electron chi connectivity index (χ1n) is 10.9. The minimum absolute atomic E-state index is 0.0102. The molecule has 1 aromatic carbocycles. The summed E-state index contributed by atoms with van der Waals surface area (Å²) in [6.45, 7) is 3.52. The molecule has 3 heterocycles. The number of anilines is 1. The van der Waals surface area contributed by atoms with Crippen molar-refractivity contribution in [2.45, 2.75) is 5.75 Å². The predicted molar refractivity (Wildman–Crippen MR) is 128 cm³/mol. The van der Waals surface area contributed by atoms with Crippen LogP contribution >= 0.6 is 11.8 Å². The van der Waals surface area contributed by atoms with Crippen LogP contribution in [0.15, 0.2) is 51.5 Å². The van der Waals surface area contributed by atoms with Gasteiger partial charge in [-0.15, -0.1) is 0 Å². The summed E-state index contributed by atoms with van der Waals surface area (Å²) in [4.78, 5) is 20.6. The molecule has 0 saturated carbocycles. The second-order valence-corrected chi connectivity index (χ2v) is 8.80. The van der Waals surface area contributed by atoms with Crippen LogP contribution < -0.4 is 10.2 Å². The van der Waals surface area contributed by atoms with E-state index in [1.54, 1.807) is 23.9 Å². The van der Waals surface area contributed by atoms with Gasteiger partial charge in [-0.25, -0.2) is 0 Å². The second kappa shape index (κ2) is 11.4. The molecular formula is C24H24N6O3S. The van der Waals surface area contributed by atoms with Crippen LogP contribution in [0.4, 0.5) is 5.88 Å². The lowest BCUT2D eigenvalue weighted by Crippen LogP contribution is -2.49. The molecule has 1 aliphatic heterocycles. The number of amides is 1. The molecule has 1 fully saturated rings. The molecule has 0 unspecified atom stereocenters. The summed E-state index contributed by atoms with van der Waals surface area (Å²) < 4.78 is 11.1. The molecule has 0 aliphatic carbocycles. The number of thioether (sulfide) groups is 1. The molecule has 174 valence electrons. The number of carbonyl (C=O) groups is 1. The standard InChI is InChI=1S/C24H24N6O3S/c25-14-18-4-1-2-5-19(18)17-34-13-7-27-22(31)16-29-8-10-30(11-9-29)24-20(15-26)28-23(33-24)21-6-3-12-32-21/h1-6,12H,7-11,13,16-17H2,(H,27,31). The van der Waals surface area contributed by atoms with Gasteiger partial charge in [0.1, 0.15) is 6.07 Å². The molecule has 0 bridgehead atoms. The number of aromatic nitrogens is 1. The van der Waals surface area contributed by atoms with Gasteiger partial charge in [0.05, 0.1) is 24.4 Å². The number of nitrogens with one attached hydrogen (secondary N) is 1. The van der Waals surface area contributed by atoms with Crippen molar-refractivity contribution in [3.05, 3.63) is 59.5 Å². The minimum Gasteiger partial charge on any atom is -0.459 e. The van der Waals surface area contributed by atoms with E-state index in [-0.39, 0.29) is 17.5 Å². The van der Waals surface area contributed by atoms with Gasteiger partial charge in [-0.05, 0) is 23.8 Å². The van der Waals surface area contributed by atoms with Crippen molar-refractivity contribution in [3.8, 4) is 23.8 Å². The number of hydrogen-bond donors (Lipinski definition) is 1. The average Bonchev–Trinajstić information content (AvgIpc) is 3.55. The maximum atomic E-state index is 12.3. The highest BCUT2D eigenvalue weighted by Gasteiger charge is 2.26. The van der Waals surface area contributed by atoms with E-state index in [1.807, 2.05) is 29.2 Å². The number of oxazole rings is 1. The fourth-order valence-corrected chi connectivity index (χ4v) is 4.54. The Labute approximate surface area is 202 Å². The van der Waals surface area contributed by atoms with Gasteiger partial charge in [0.2, 0.25) is 17.5 Å². The molecule has 1 N–H and O–H groups in total. The predicted octanol–water partition coefficient (Wildman–Crippen LogP) is 2.85. The number of carbonyl (C=O) groups excluding carboxylic acids is 1. The Kier molecular flexibility index (Phi) is 7.87. The lowest BCUT2D eigenvalue weighted by molar-refractivity contribution is -0.122. The summed E-state index contributed by atoms with van der Waals surface area (Å²) in [5.74, 6) is 2.71. The Morgan fingerprint density at radius 2 is 1.94 bits per heavy atom. The van der Waals surface area contributed by atoms with Crippen molar-refractivity contribution in [2.75, 3.05) is 49.9 Å². The topological polar surface area (TPSA) is 122 Å². The fraction of sp³-hybridized carbons (Fsp3) is 0.333. The number of furan rings is 1. The maximum Gasteiger partial charge on any atom is 0.266 e. The highest BCUT2D eigenvalue weighted by atomic mass is 32.2.